The first-order valence-electron chi connectivity index (χ1n) is 11.9. The number of nitrogens with zero attached hydrogens (tertiary/aromatic N) is 2. The standard InChI is InChI=1S/C28H28BrN3O5.Na/c29-22-11-12-23(28(35)36)24(17-22)30-25(33)18-37-19-26(34)31-13-15-32(16-14-31)27(20-7-3-1-4-8-20)21-9-5-2-6-10-21;/h1-12,17,27H,13-16,18-19H2,(H,30,33)(H,35,36);/q;+1/p-1. The molecule has 2 amide bonds. The number of nitrogens with one attached hydrogen (secondary N) is 1. The normalized spacial score (nSPS) is 13.6. The molecular weight excluding hydrogens is 561 g/mol. The van der Waals surface area contributed by atoms with E-state index in [1.54, 1.807) is 4.90 Å². The number of hydrogen-bond acceptors (Lipinski definition) is 6. The van der Waals surface area contributed by atoms with E-state index in [0.29, 0.717) is 30.7 Å². The molecule has 3 aromatic rings. The SMILES string of the molecule is O=C(COCC(=O)N1CCN(C(c2ccccc2)c2ccccc2)CC1)Nc1cc(Br)ccc1C(=O)[O-].[Na+]. The number of carboxylic acids is 1. The summed E-state index contributed by atoms with van der Waals surface area (Å²) < 4.78 is 5.94. The van der Waals surface area contributed by atoms with Crippen molar-refractivity contribution < 1.29 is 53.8 Å². The van der Waals surface area contributed by atoms with Crippen LogP contribution in [0.3, 0.4) is 0 Å². The van der Waals surface area contributed by atoms with Crippen LogP contribution in [0.15, 0.2) is 83.3 Å². The second-order valence-corrected chi connectivity index (χ2v) is 9.57. The van der Waals surface area contributed by atoms with Crippen molar-refractivity contribution in [2.45, 2.75) is 6.04 Å². The van der Waals surface area contributed by atoms with Crippen LogP contribution in [0, 0.1) is 0 Å². The maximum absolute atomic E-state index is 12.7. The van der Waals surface area contributed by atoms with Gasteiger partial charge in [0.05, 0.1) is 17.7 Å². The van der Waals surface area contributed by atoms with Crippen LogP contribution in [0.2, 0.25) is 0 Å². The van der Waals surface area contributed by atoms with E-state index in [1.807, 2.05) is 36.4 Å². The first-order valence-corrected chi connectivity index (χ1v) is 12.7. The largest absolute Gasteiger partial charge is 1.00 e. The number of carbonyl (C=O) groups is 3. The summed E-state index contributed by atoms with van der Waals surface area (Å²) in [5, 5.41) is 13.7. The first-order chi connectivity index (χ1) is 17.9. The second kappa shape index (κ2) is 14.6. The fraction of sp³-hybridized carbons (Fsp3) is 0.250. The molecule has 3 aromatic carbocycles. The molecule has 8 nitrogen and oxygen atoms in total. The average molecular weight is 588 g/mol. The first kappa shape index (κ1) is 30.0. The number of amides is 2. The van der Waals surface area contributed by atoms with Gasteiger partial charge in [0, 0.05) is 36.2 Å². The zero-order valence-electron chi connectivity index (χ0n) is 21.1. The van der Waals surface area contributed by atoms with Crippen molar-refractivity contribution >= 4 is 39.4 Å². The Hall–Kier alpha value is -2.53. The third-order valence-electron chi connectivity index (χ3n) is 6.20. The molecule has 0 aromatic heterocycles. The monoisotopic (exact) mass is 587 g/mol. The van der Waals surface area contributed by atoms with Gasteiger partial charge >= 0.3 is 29.6 Å². The van der Waals surface area contributed by atoms with Gasteiger partial charge in [-0.05, 0) is 29.3 Å². The molecule has 0 unspecified atom stereocenters. The predicted octanol–water partition coefficient (Wildman–Crippen LogP) is -0.294. The number of carboxylic acid groups (broad SMARTS) is 1. The van der Waals surface area contributed by atoms with Crippen molar-refractivity contribution in [1.82, 2.24) is 9.80 Å². The molecule has 0 bridgehead atoms. The van der Waals surface area contributed by atoms with Crippen molar-refractivity contribution in [2.75, 3.05) is 44.7 Å². The summed E-state index contributed by atoms with van der Waals surface area (Å²) in [6, 6.07) is 25.1. The number of ether oxygens (including phenoxy) is 1. The van der Waals surface area contributed by atoms with E-state index in [0.717, 1.165) is 0 Å². The van der Waals surface area contributed by atoms with E-state index in [4.69, 9.17) is 4.74 Å². The molecule has 0 aliphatic carbocycles. The summed E-state index contributed by atoms with van der Waals surface area (Å²) in [5.41, 5.74) is 2.36. The fourth-order valence-electron chi connectivity index (χ4n) is 4.42. The maximum atomic E-state index is 12.7. The topological polar surface area (TPSA) is 102 Å². The van der Waals surface area contributed by atoms with Gasteiger partial charge in [0.2, 0.25) is 11.8 Å². The van der Waals surface area contributed by atoms with Crippen molar-refractivity contribution in [1.29, 1.82) is 0 Å². The van der Waals surface area contributed by atoms with Crippen LogP contribution in [0.25, 0.3) is 0 Å². The number of piperazine rings is 1. The smallest absolute Gasteiger partial charge is 0.545 e. The average Bonchev–Trinajstić information content (AvgIpc) is 2.90. The molecule has 0 radical (unpaired) electrons. The van der Waals surface area contributed by atoms with Gasteiger partial charge in [-0.3, -0.25) is 14.5 Å². The number of benzene rings is 3. The number of rotatable bonds is 9. The molecule has 0 spiro atoms. The minimum absolute atomic E-state index is 0. The second-order valence-electron chi connectivity index (χ2n) is 8.66. The molecule has 0 atom stereocenters. The minimum Gasteiger partial charge on any atom is -0.545 e. The molecule has 10 heteroatoms. The minimum atomic E-state index is -1.40. The summed E-state index contributed by atoms with van der Waals surface area (Å²) in [4.78, 5) is 40.3. The Morgan fingerprint density at radius 3 is 2.00 bits per heavy atom. The Morgan fingerprint density at radius 2 is 1.45 bits per heavy atom. The third-order valence-corrected chi connectivity index (χ3v) is 6.69. The fourth-order valence-corrected chi connectivity index (χ4v) is 4.78. The Bertz CT molecular complexity index is 1200. The van der Waals surface area contributed by atoms with E-state index < -0.39 is 11.9 Å². The van der Waals surface area contributed by atoms with E-state index >= 15 is 0 Å². The molecule has 0 saturated carbocycles. The molecular formula is C28H27BrN3NaO5. The zero-order valence-corrected chi connectivity index (χ0v) is 24.7. The summed E-state index contributed by atoms with van der Waals surface area (Å²) in [6.45, 7) is 1.90. The van der Waals surface area contributed by atoms with Crippen molar-refractivity contribution in [2.24, 2.45) is 0 Å². The molecule has 1 fully saturated rings. The Balaban J connectivity index is 0.00000400. The van der Waals surface area contributed by atoms with Crippen LogP contribution in [0.1, 0.15) is 27.5 Å². The Kier molecular flexibility index (Phi) is 11.5. The number of anilines is 1. The van der Waals surface area contributed by atoms with Gasteiger partial charge < -0.3 is 24.9 Å². The summed E-state index contributed by atoms with van der Waals surface area (Å²) >= 11 is 3.24. The van der Waals surface area contributed by atoms with Crippen LogP contribution in [-0.4, -0.2) is 67.0 Å². The Labute approximate surface area is 252 Å². The van der Waals surface area contributed by atoms with Crippen LogP contribution in [0.5, 0.6) is 0 Å². The van der Waals surface area contributed by atoms with Gasteiger partial charge in [0.25, 0.3) is 0 Å². The summed E-state index contributed by atoms with van der Waals surface area (Å²) in [5.74, 6) is -2.16. The van der Waals surface area contributed by atoms with Crippen molar-refractivity contribution in [3.05, 3.63) is 100 Å². The van der Waals surface area contributed by atoms with E-state index in [-0.39, 0.29) is 66.0 Å². The maximum Gasteiger partial charge on any atom is 1.00 e. The van der Waals surface area contributed by atoms with Gasteiger partial charge in [0.15, 0.2) is 0 Å². The molecule has 1 heterocycles. The summed E-state index contributed by atoms with van der Waals surface area (Å²) in [7, 11) is 0. The molecule has 192 valence electrons. The zero-order chi connectivity index (χ0) is 26.2. The van der Waals surface area contributed by atoms with Gasteiger partial charge in [-0.15, -0.1) is 0 Å². The van der Waals surface area contributed by atoms with E-state index in [2.05, 4.69) is 50.4 Å². The Morgan fingerprint density at radius 1 is 0.868 bits per heavy atom. The van der Waals surface area contributed by atoms with Gasteiger partial charge in [-0.2, -0.15) is 0 Å². The van der Waals surface area contributed by atoms with Gasteiger partial charge in [-0.1, -0.05) is 76.6 Å². The van der Waals surface area contributed by atoms with Gasteiger partial charge in [-0.25, -0.2) is 0 Å². The molecule has 1 aliphatic rings. The molecule has 1 saturated heterocycles. The number of halogens is 1. The van der Waals surface area contributed by atoms with Gasteiger partial charge in [0.1, 0.15) is 13.2 Å². The van der Waals surface area contributed by atoms with E-state index in [9.17, 15) is 19.5 Å². The van der Waals surface area contributed by atoms with Crippen molar-refractivity contribution in [3.8, 4) is 0 Å². The van der Waals surface area contributed by atoms with Crippen LogP contribution >= 0.6 is 15.9 Å². The molecule has 1 N–H and O–H groups in total. The molecule has 4 rings (SSSR count). The molecule has 1 aliphatic heterocycles. The quantitative estimate of drug-likeness (QED) is 0.345. The van der Waals surface area contributed by atoms with Crippen LogP contribution in [0.4, 0.5) is 5.69 Å². The molecule has 38 heavy (non-hydrogen) atoms. The van der Waals surface area contributed by atoms with E-state index in [1.165, 1.54) is 29.3 Å². The number of carbonyl (C=O) groups excluding carboxylic acids is 3. The summed E-state index contributed by atoms with van der Waals surface area (Å²) in [6.07, 6.45) is 0. The number of hydrogen-bond donors (Lipinski definition) is 1. The van der Waals surface area contributed by atoms with Crippen LogP contribution in [-0.2, 0) is 14.3 Å². The number of aromatic carboxylic acids is 1. The van der Waals surface area contributed by atoms with Crippen molar-refractivity contribution in [3.63, 3.8) is 0 Å². The third kappa shape index (κ3) is 7.99. The predicted molar refractivity (Wildman–Crippen MR) is 141 cm³/mol. The van der Waals surface area contributed by atoms with Crippen LogP contribution < -0.4 is 40.0 Å².